The molecule has 8 fully saturated rings. The van der Waals surface area contributed by atoms with E-state index in [1.807, 2.05) is 4.90 Å². The number of ether oxygens (including phenoxy) is 3. The van der Waals surface area contributed by atoms with Gasteiger partial charge in [0.2, 0.25) is 5.91 Å². The highest BCUT2D eigenvalue weighted by molar-refractivity contribution is 5.79. The fraction of sp³-hybridized carbons (Fsp3) is 0.976. The maximum Gasteiger partial charge on any atom is 0.226 e. The molecule has 9 nitrogen and oxygen atoms in total. The lowest BCUT2D eigenvalue weighted by atomic mass is 9.41. The van der Waals surface area contributed by atoms with Crippen LogP contribution in [0, 0.1) is 56.7 Å². The van der Waals surface area contributed by atoms with Crippen LogP contribution >= 0.6 is 0 Å². The average Bonchev–Trinajstić information content (AvgIpc) is 3.70. The lowest BCUT2D eigenvalue weighted by molar-refractivity contribution is -0.248. The third kappa shape index (κ3) is 4.91. The van der Waals surface area contributed by atoms with Crippen molar-refractivity contribution < 1.29 is 34.3 Å². The predicted molar refractivity (Wildman–Crippen MR) is 190 cm³/mol. The minimum Gasteiger partial charge on any atom is -0.390 e. The fourth-order valence-corrected chi connectivity index (χ4v) is 14.8. The highest BCUT2D eigenvalue weighted by Gasteiger charge is 2.84. The Morgan fingerprint density at radius 3 is 2.34 bits per heavy atom. The standard InChI is InChI=1S/C41H68N2O7/c1-24-21-26(33(44)37(4,5)47)49-32-31(24)38(6)15-16-41-23-40(41)14-11-29(36(2,3)27(40)9-10-28(41)39(38,7)34(32)45)50-30-22-43(19-20-48-30)35(46)25-12-17-42(8)18-13-25/h24-34,44-45,47H,9-23H2,1-8H3/t24-,26-,27+,28+,29?,30?,31?,32+,33?,34+,38-,39-,40?,41+/m1/s1. The van der Waals surface area contributed by atoms with Crippen LogP contribution in [0.25, 0.3) is 0 Å². The van der Waals surface area contributed by atoms with E-state index in [0.717, 1.165) is 58.0 Å². The first-order valence-corrected chi connectivity index (χ1v) is 20.4. The fourth-order valence-electron chi connectivity index (χ4n) is 14.8. The quantitative estimate of drug-likeness (QED) is 0.374. The van der Waals surface area contributed by atoms with Crippen LogP contribution in [0.4, 0.5) is 0 Å². The number of nitrogens with zero attached hydrogens (tertiary/aromatic N) is 2. The topological polar surface area (TPSA) is 112 Å². The van der Waals surface area contributed by atoms with Gasteiger partial charge in [0.05, 0.1) is 43.2 Å². The zero-order chi connectivity index (χ0) is 35.8. The number of hydrogen-bond acceptors (Lipinski definition) is 8. The number of rotatable bonds is 5. The van der Waals surface area contributed by atoms with Gasteiger partial charge in [-0.25, -0.2) is 0 Å². The van der Waals surface area contributed by atoms with Crippen LogP contribution in [0.5, 0.6) is 0 Å². The Hall–Kier alpha value is -0.810. The van der Waals surface area contributed by atoms with Crippen molar-refractivity contribution in [1.82, 2.24) is 9.80 Å². The van der Waals surface area contributed by atoms with E-state index in [0.29, 0.717) is 43.9 Å². The molecule has 284 valence electrons. The first-order chi connectivity index (χ1) is 23.4. The number of fused-ring (bicyclic) bond motifs is 4. The van der Waals surface area contributed by atoms with Gasteiger partial charge in [0.1, 0.15) is 6.10 Å². The normalized spacial score (nSPS) is 51.1. The van der Waals surface area contributed by atoms with Crippen LogP contribution in [-0.2, 0) is 19.0 Å². The monoisotopic (exact) mass is 701 g/mol. The number of aliphatic hydroxyl groups excluding tert-OH is 2. The van der Waals surface area contributed by atoms with Crippen molar-refractivity contribution in [2.75, 3.05) is 39.8 Å². The molecule has 8 rings (SSSR count). The summed E-state index contributed by atoms with van der Waals surface area (Å²) in [5.74, 6) is 1.92. The smallest absolute Gasteiger partial charge is 0.226 e. The highest BCUT2D eigenvalue weighted by atomic mass is 16.7. The Morgan fingerprint density at radius 2 is 1.64 bits per heavy atom. The molecule has 5 aliphatic carbocycles. The molecule has 0 aromatic heterocycles. The average molecular weight is 701 g/mol. The molecule has 0 aromatic rings. The molecule has 0 aromatic carbocycles. The van der Waals surface area contributed by atoms with Crippen LogP contribution in [0.3, 0.4) is 0 Å². The number of likely N-dealkylation sites (tertiary alicyclic amines) is 1. The summed E-state index contributed by atoms with van der Waals surface area (Å²) in [5, 5.41) is 34.2. The summed E-state index contributed by atoms with van der Waals surface area (Å²) in [6.45, 7) is 19.0. The van der Waals surface area contributed by atoms with E-state index in [1.54, 1.807) is 13.8 Å². The molecule has 8 aliphatic rings. The molecule has 3 saturated heterocycles. The summed E-state index contributed by atoms with van der Waals surface area (Å²) >= 11 is 0. The summed E-state index contributed by atoms with van der Waals surface area (Å²) in [6, 6.07) is 0. The van der Waals surface area contributed by atoms with E-state index in [-0.39, 0.29) is 63.3 Å². The summed E-state index contributed by atoms with van der Waals surface area (Å²) in [7, 11) is 2.14. The van der Waals surface area contributed by atoms with Crippen LogP contribution in [0.2, 0.25) is 0 Å². The first-order valence-electron chi connectivity index (χ1n) is 20.4. The predicted octanol–water partition coefficient (Wildman–Crippen LogP) is 4.84. The van der Waals surface area contributed by atoms with E-state index in [9.17, 15) is 20.1 Å². The molecule has 3 N–H and O–H groups in total. The number of hydrogen-bond donors (Lipinski definition) is 3. The molecule has 0 radical (unpaired) electrons. The molecule has 2 spiro atoms. The van der Waals surface area contributed by atoms with Crippen molar-refractivity contribution in [2.45, 2.75) is 155 Å². The molecular weight excluding hydrogens is 632 g/mol. The maximum atomic E-state index is 13.5. The zero-order valence-corrected chi connectivity index (χ0v) is 32.3. The van der Waals surface area contributed by atoms with Crippen molar-refractivity contribution in [3.8, 4) is 0 Å². The Kier molecular flexibility index (Phi) is 8.57. The molecule has 0 bridgehead atoms. The van der Waals surface area contributed by atoms with E-state index in [1.165, 1.54) is 12.8 Å². The van der Waals surface area contributed by atoms with E-state index in [2.05, 4.69) is 46.6 Å². The minimum absolute atomic E-state index is 0.0155. The molecule has 3 aliphatic heterocycles. The van der Waals surface area contributed by atoms with Crippen molar-refractivity contribution >= 4 is 5.91 Å². The second-order valence-corrected chi connectivity index (χ2v) is 20.4. The van der Waals surface area contributed by atoms with Gasteiger partial charge in [-0.1, -0.05) is 34.6 Å². The Labute approximate surface area is 301 Å². The van der Waals surface area contributed by atoms with Crippen LogP contribution in [0.1, 0.15) is 113 Å². The summed E-state index contributed by atoms with van der Waals surface area (Å²) in [5.41, 5.74) is -1.06. The number of carbonyl (C=O) groups excluding carboxylic acids is 1. The Balaban J connectivity index is 0.982. The van der Waals surface area contributed by atoms with E-state index in [4.69, 9.17) is 14.2 Å². The van der Waals surface area contributed by atoms with Crippen LogP contribution in [-0.4, -0.2) is 113 Å². The SMILES string of the molecule is C[C@@H]1C[C@H](C(O)C(C)(C)O)O[C@H]2C1[C@@]1(C)CC[C@@]34CC35CCC(OC3CN(C(=O)C6CCN(C)CC6)CCO3)C(C)(C)[C@@H]5CC[C@H]4[C@]1(C)[C@H]2O. The second-order valence-electron chi connectivity index (χ2n) is 20.4. The van der Waals surface area contributed by atoms with Gasteiger partial charge in [0.25, 0.3) is 0 Å². The number of piperidine rings is 1. The van der Waals surface area contributed by atoms with Gasteiger partial charge < -0.3 is 39.3 Å². The number of carbonyl (C=O) groups is 1. The van der Waals surface area contributed by atoms with Crippen molar-refractivity contribution in [2.24, 2.45) is 56.7 Å². The number of amides is 1. The third-order valence-electron chi connectivity index (χ3n) is 17.6. The van der Waals surface area contributed by atoms with Crippen LogP contribution in [0.15, 0.2) is 0 Å². The van der Waals surface area contributed by atoms with Gasteiger partial charge in [-0.3, -0.25) is 4.79 Å². The van der Waals surface area contributed by atoms with Gasteiger partial charge >= 0.3 is 0 Å². The lowest BCUT2D eigenvalue weighted by Gasteiger charge is -2.64. The van der Waals surface area contributed by atoms with Gasteiger partial charge in [-0.05, 0) is 144 Å². The Morgan fingerprint density at radius 1 is 0.960 bits per heavy atom. The van der Waals surface area contributed by atoms with Crippen LogP contribution < -0.4 is 0 Å². The zero-order valence-electron chi connectivity index (χ0n) is 32.3. The van der Waals surface area contributed by atoms with Gasteiger partial charge in [-0.2, -0.15) is 0 Å². The van der Waals surface area contributed by atoms with Crippen molar-refractivity contribution in [1.29, 1.82) is 0 Å². The summed E-state index contributed by atoms with van der Waals surface area (Å²) in [6.07, 6.45) is 7.96. The molecule has 50 heavy (non-hydrogen) atoms. The largest absolute Gasteiger partial charge is 0.390 e. The minimum atomic E-state index is -1.26. The second kappa shape index (κ2) is 11.8. The van der Waals surface area contributed by atoms with Crippen molar-refractivity contribution in [3.63, 3.8) is 0 Å². The molecule has 5 saturated carbocycles. The maximum absolute atomic E-state index is 13.5. The molecule has 3 heterocycles. The van der Waals surface area contributed by atoms with E-state index >= 15 is 0 Å². The summed E-state index contributed by atoms with van der Waals surface area (Å²) < 4.78 is 19.8. The molecule has 9 heteroatoms. The Bertz CT molecular complexity index is 1330. The van der Waals surface area contributed by atoms with Gasteiger partial charge in [0, 0.05) is 17.9 Å². The molecule has 1 amide bonds. The molecular formula is C41H68N2O7. The third-order valence-corrected chi connectivity index (χ3v) is 17.6. The van der Waals surface area contributed by atoms with E-state index < -0.39 is 23.9 Å². The summed E-state index contributed by atoms with van der Waals surface area (Å²) in [4.78, 5) is 17.8. The van der Waals surface area contributed by atoms with Gasteiger partial charge in [-0.15, -0.1) is 0 Å². The van der Waals surface area contributed by atoms with Gasteiger partial charge in [0.15, 0.2) is 6.29 Å². The molecule has 5 unspecified atom stereocenters. The number of aliphatic hydroxyl groups is 3. The lowest BCUT2D eigenvalue weighted by Crippen LogP contribution is -2.60. The first kappa shape index (κ1) is 36.2. The molecule has 14 atom stereocenters. The number of morpholine rings is 1. The van der Waals surface area contributed by atoms with Crippen molar-refractivity contribution in [3.05, 3.63) is 0 Å². The highest BCUT2D eigenvalue weighted by Crippen LogP contribution is 2.89.